The van der Waals surface area contributed by atoms with Crippen molar-refractivity contribution in [2.24, 2.45) is 10.8 Å². The van der Waals surface area contributed by atoms with Crippen molar-refractivity contribution < 1.29 is 38.1 Å². The fourth-order valence-corrected chi connectivity index (χ4v) is 8.37. The van der Waals surface area contributed by atoms with Crippen LogP contribution in [0.1, 0.15) is 36.8 Å². The number of carbonyl (C=O) groups excluding carboxylic acids is 4. The third-order valence-electron chi connectivity index (χ3n) is 10.2. The topological polar surface area (TPSA) is 112 Å². The molecule has 10 heteroatoms. The lowest BCUT2D eigenvalue weighted by molar-refractivity contribution is -0.238. The summed E-state index contributed by atoms with van der Waals surface area (Å²) in [6, 6.07) is 33.1. The summed E-state index contributed by atoms with van der Waals surface area (Å²) in [5, 5.41) is 0. The maximum atomic E-state index is 15.0. The highest BCUT2D eigenvalue weighted by molar-refractivity contribution is 5.96. The van der Waals surface area contributed by atoms with E-state index in [1.54, 1.807) is 99.1 Å². The quantitative estimate of drug-likeness (QED) is 0.175. The Morgan fingerprint density at radius 2 is 0.846 bits per heavy atom. The second-order valence-electron chi connectivity index (χ2n) is 12.7. The molecule has 7 rings (SSSR count). The summed E-state index contributed by atoms with van der Waals surface area (Å²) in [6.07, 6.45) is 4.95. The second kappa shape index (κ2) is 14.2. The van der Waals surface area contributed by atoms with E-state index < -0.39 is 58.9 Å². The number of para-hydroxylation sites is 2. The van der Waals surface area contributed by atoms with E-state index in [4.69, 9.17) is 18.9 Å². The van der Waals surface area contributed by atoms with E-state index in [1.807, 2.05) is 60.7 Å². The highest BCUT2D eigenvalue weighted by atomic mass is 16.6. The van der Waals surface area contributed by atoms with Crippen LogP contribution in [-0.4, -0.2) is 59.2 Å². The highest BCUT2D eigenvalue weighted by Gasteiger charge is 2.87. The Morgan fingerprint density at radius 1 is 0.519 bits per heavy atom. The van der Waals surface area contributed by atoms with Crippen LogP contribution in [0.5, 0.6) is 11.5 Å². The van der Waals surface area contributed by atoms with Crippen LogP contribution in [0, 0.1) is 10.8 Å². The fraction of sp³-hybridized carbons (Fsp3) is 0.238. The molecule has 0 saturated heterocycles. The number of hydrogen-bond donors (Lipinski definition) is 0. The second-order valence-corrected chi connectivity index (χ2v) is 12.7. The summed E-state index contributed by atoms with van der Waals surface area (Å²) < 4.78 is 23.6. The van der Waals surface area contributed by atoms with Gasteiger partial charge in [-0.2, -0.15) is 0 Å². The molecule has 0 spiro atoms. The standard InChI is InChI=1S/C42H38N2O8/c1-3-49-37(45)41-33(29-17-9-5-10-18-29)25-27-43(39(47)51-31-21-13-7-14-22-31)35(41)42(38(46)50-4-2)34(30-19-11-6-12-20-30)26-28-44(36(41)42)40(48)52-32-23-15-8-16-24-32/h5-28,33-36H,3-4H2,1-2H3. The molecule has 4 aromatic rings. The third kappa shape index (κ3) is 5.42. The van der Waals surface area contributed by atoms with Crippen LogP contribution in [0.2, 0.25) is 0 Å². The average Bonchev–Trinajstić information content (AvgIpc) is 3.17. The van der Waals surface area contributed by atoms with Crippen LogP contribution in [-0.2, 0) is 19.1 Å². The van der Waals surface area contributed by atoms with Crippen LogP contribution in [0.25, 0.3) is 0 Å². The Kier molecular flexibility index (Phi) is 9.38. The third-order valence-corrected chi connectivity index (χ3v) is 10.2. The Morgan fingerprint density at radius 3 is 1.17 bits per heavy atom. The molecule has 0 radical (unpaired) electrons. The van der Waals surface area contributed by atoms with E-state index in [0.29, 0.717) is 11.1 Å². The van der Waals surface area contributed by atoms with Gasteiger partial charge in [0.25, 0.3) is 0 Å². The summed E-state index contributed by atoms with van der Waals surface area (Å²) in [5.74, 6) is -2.40. The zero-order valence-corrected chi connectivity index (χ0v) is 28.7. The van der Waals surface area contributed by atoms with Gasteiger partial charge in [-0.1, -0.05) is 109 Å². The first kappa shape index (κ1) is 34.3. The summed E-state index contributed by atoms with van der Waals surface area (Å²) >= 11 is 0. The molecule has 3 aliphatic rings. The van der Waals surface area contributed by atoms with Crippen LogP contribution in [0.3, 0.4) is 0 Å². The number of esters is 2. The van der Waals surface area contributed by atoms with Crippen LogP contribution >= 0.6 is 0 Å². The van der Waals surface area contributed by atoms with Gasteiger partial charge in [-0.05, 0) is 49.2 Å². The number of allylic oxidation sites excluding steroid dienone is 2. The summed E-state index contributed by atoms with van der Waals surface area (Å²) in [5.41, 5.74) is -2.09. The molecule has 0 aromatic heterocycles. The van der Waals surface area contributed by atoms with Gasteiger partial charge in [0.05, 0.1) is 25.3 Å². The molecule has 1 saturated carbocycles. The predicted octanol–water partition coefficient (Wildman–Crippen LogP) is 7.46. The molecule has 0 N–H and O–H groups in total. The molecule has 2 unspecified atom stereocenters. The highest BCUT2D eigenvalue weighted by Crippen LogP contribution is 2.73. The van der Waals surface area contributed by atoms with Gasteiger partial charge >= 0.3 is 24.1 Å². The smallest absolute Gasteiger partial charge is 0.419 e. The van der Waals surface area contributed by atoms with Gasteiger partial charge in [-0.15, -0.1) is 0 Å². The number of amides is 2. The van der Waals surface area contributed by atoms with E-state index in [1.165, 1.54) is 9.80 Å². The molecule has 2 aliphatic heterocycles. The molecular formula is C42H38N2O8. The molecule has 2 atom stereocenters. The van der Waals surface area contributed by atoms with Crippen molar-refractivity contribution in [1.82, 2.24) is 9.80 Å². The van der Waals surface area contributed by atoms with Crippen molar-refractivity contribution in [1.29, 1.82) is 0 Å². The van der Waals surface area contributed by atoms with Crippen LogP contribution in [0.4, 0.5) is 9.59 Å². The van der Waals surface area contributed by atoms with Crippen molar-refractivity contribution >= 4 is 24.1 Å². The lowest BCUT2D eigenvalue weighted by Crippen LogP contribution is -2.88. The molecule has 4 aromatic carbocycles. The van der Waals surface area contributed by atoms with E-state index >= 15 is 9.59 Å². The van der Waals surface area contributed by atoms with Crippen molar-refractivity contribution in [3.63, 3.8) is 0 Å². The maximum Gasteiger partial charge on any atom is 0.419 e. The zero-order valence-electron chi connectivity index (χ0n) is 28.7. The van der Waals surface area contributed by atoms with Gasteiger partial charge in [0, 0.05) is 24.2 Å². The van der Waals surface area contributed by atoms with E-state index in [-0.39, 0.29) is 24.7 Å². The molecule has 1 fully saturated rings. The van der Waals surface area contributed by atoms with Crippen LogP contribution in [0.15, 0.2) is 146 Å². The molecule has 2 amide bonds. The largest absolute Gasteiger partial charge is 0.465 e. The minimum absolute atomic E-state index is 0.00146. The minimum atomic E-state index is -1.76. The van der Waals surface area contributed by atoms with Gasteiger partial charge < -0.3 is 18.9 Å². The lowest BCUT2D eigenvalue weighted by atomic mass is 9.35. The zero-order chi connectivity index (χ0) is 36.3. The van der Waals surface area contributed by atoms with Gasteiger partial charge in [0.15, 0.2) is 0 Å². The first-order chi connectivity index (χ1) is 25.4. The Bertz CT molecular complexity index is 1830. The Labute approximate surface area is 301 Å². The minimum Gasteiger partial charge on any atom is -0.465 e. The molecule has 52 heavy (non-hydrogen) atoms. The van der Waals surface area contributed by atoms with Gasteiger partial charge in [-0.25, -0.2) is 9.59 Å². The molecule has 264 valence electrons. The average molecular weight is 699 g/mol. The van der Waals surface area contributed by atoms with Crippen LogP contribution < -0.4 is 9.47 Å². The number of fused-ring (bicyclic) bond motifs is 4. The van der Waals surface area contributed by atoms with E-state index in [2.05, 4.69) is 0 Å². The van der Waals surface area contributed by atoms with E-state index in [9.17, 15) is 9.59 Å². The molecular weight excluding hydrogens is 660 g/mol. The fourth-order valence-electron chi connectivity index (χ4n) is 8.37. The molecule has 2 heterocycles. The van der Waals surface area contributed by atoms with Crippen molar-refractivity contribution in [3.05, 3.63) is 157 Å². The monoisotopic (exact) mass is 698 g/mol. The number of rotatable bonds is 8. The first-order valence-electron chi connectivity index (χ1n) is 17.3. The summed E-state index contributed by atoms with van der Waals surface area (Å²) in [4.78, 5) is 61.6. The van der Waals surface area contributed by atoms with E-state index in [0.717, 1.165) is 0 Å². The summed E-state index contributed by atoms with van der Waals surface area (Å²) in [6.45, 7) is 3.37. The Balaban J connectivity index is 1.52. The number of hydrogen-bond acceptors (Lipinski definition) is 8. The molecule has 1 aliphatic carbocycles. The van der Waals surface area contributed by atoms with Crippen molar-refractivity contribution in [2.75, 3.05) is 13.2 Å². The van der Waals surface area contributed by atoms with Gasteiger partial charge in [0.2, 0.25) is 0 Å². The number of nitrogens with zero attached hydrogens (tertiary/aromatic N) is 2. The SMILES string of the molecule is CCOC(=O)C12C(c3ccccc3)C=CN(C(=O)Oc3ccccc3)C1C1(C(=O)OCC)C(c3ccccc3)C=CN(C(=O)Oc3ccccc3)C21. The predicted molar refractivity (Wildman–Crippen MR) is 191 cm³/mol. The maximum absolute atomic E-state index is 15.0. The number of carbonyl (C=O) groups is 4. The number of benzene rings is 4. The molecule has 0 bridgehead atoms. The van der Waals surface area contributed by atoms with Crippen molar-refractivity contribution in [3.8, 4) is 11.5 Å². The van der Waals surface area contributed by atoms with Crippen molar-refractivity contribution in [2.45, 2.75) is 37.8 Å². The number of ether oxygens (including phenoxy) is 4. The van der Waals surface area contributed by atoms with Gasteiger partial charge in [-0.3, -0.25) is 19.4 Å². The Hall–Kier alpha value is -6.16. The molecule has 10 nitrogen and oxygen atoms in total. The lowest BCUT2D eigenvalue weighted by Gasteiger charge is -2.73. The summed E-state index contributed by atoms with van der Waals surface area (Å²) in [7, 11) is 0. The van der Waals surface area contributed by atoms with Gasteiger partial charge in [0.1, 0.15) is 22.3 Å². The first-order valence-corrected chi connectivity index (χ1v) is 17.3. The normalized spacial score (nSPS) is 25.5.